The van der Waals surface area contributed by atoms with E-state index in [1.165, 1.54) is 30.0 Å². The maximum atomic E-state index is 14.2. The lowest BCUT2D eigenvalue weighted by molar-refractivity contribution is -0.126. The van der Waals surface area contributed by atoms with Gasteiger partial charge in [-0.1, -0.05) is 48.2 Å². The van der Waals surface area contributed by atoms with Gasteiger partial charge >= 0.3 is 5.97 Å². The van der Waals surface area contributed by atoms with Crippen molar-refractivity contribution in [2.75, 3.05) is 52.6 Å². The highest BCUT2D eigenvalue weighted by Crippen LogP contribution is 2.35. The molecule has 0 aliphatic carbocycles. The summed E-state index contributed by atoms with van der Waals surface area (Å²) in [6, 6.07) is 15.9. The molecule has 1 unspecified atom stereocenters. The number of nitrogens with zero attached hydrogens (tertiary/aromatic N) is 2. The van der Waals surface area contributed by atoms with Gasteiger partial charge in [0, 0.05) is 38.3 Å². The SMILES string of the molecule is O=C(O)c1ccc(COCCCN2C(=O)C(Cc3ccc(OCCN4CCOCC4)c(-c4ccc(F)c(F)c4)c3)SC2=S)cc1. The Balaban J connectivity index is 1.17. The van der Waals surface area contributed by atoms with Crippen LogP contribution in [0.3, 0.4) is 0 Å². The number of carbonyl (C=O) groups excluding carboxylic acids is 1. The summed E-state index contributed by atoms with van der Waals surface area (Å²) in [6.07, 6.45) is 0.997. The van der Waals surface area contributed by atoms with E-state index in [0.717, 1.165) is 36.3 Å². The molecular formula is C33H34F2N2O6S2. The van der Waals surface area contributed by atoms with Crippen molar-refractivity contribution < 1.29 is 37.7 Å². The van der Waals surface area contributed by atoms with E-state index in [9.17, 15) is 18.4 Å². The third kappa shape index (κ3) is 8.86. The second-order valence-electron chi connectivity index (χ2n) is 10.7. The number of carboxylic acid groups (broad SMARTS) is 1. The molecule has 2 fully saturated rings. The Kier molecular flexibility index (Phi) is 11.5. The molecule has 2 aliphatic heterocycles. The smallest absolute Gasteiger partial charge is 0.335 e. The fourth-order valence-electron chi connectivity index (χ4n) is 5.13. The van der Waals surface area contributed by atoms with Gasteiger partial charge in [-0.05, 0) is 65.9 Å². The molecule has 45 heavy (non-hydrogen) atoms. The van der Waals surface area contributed by atoms with Crippen LogP contribution >= 0.6 is 24.0 Å². The summed E-state index contributed by atoms with van der Waals surface area (Å²) in [5.41, 5.74) is 3.04. The fourth-order valence-corrected chi connectivity index (χ4v) is 6.72. The zero-order chi connectivity index (χ0) is 31.8. The summed E-state index contributed by atoms with van der Waals surface area (Å²) in [4.78, 5) is 28.1. The molecule has 238 valence electrons. The van der Waals surface area contributed by atoms with Gasteiger partial charge in [0.25, 0.3) is 0 Å². The second-order valence-corrected chi connectivity index (χ2v) is 12.6. The monoisotopic (exact) mass is 656 g/mol. The van der Waals surface area contributed by atoms with Gasteiger partial charge in [0.2, 0.25) is 5.91 Å². The van der Waals surface area contributed by atoms with Crippen LogP contribution in [0.1, 0.15) is 27.9 Å². The quantitative estimate of drug-likeness (QED) is 0.181. The van der Waals surface area contributed by atoms with Crippen LogP contribution in [0, 0.1) is 11.6 Å². The largest absolute Gasteiger partial charge is 0.492 e. The molecule has 3 aromatic carbocycles. The van der Waals surface area contributed by atoms with E-state index in [1.54, 1.807) is 17.0 Å². The van der Waals surface area contributed by atoms with Crippen molar-refractivity contribution in [1.29, 1.82) is 0 Å². The zero-order valence-corrected chi connectivity index (χ0v) is 26.2. The molecule has 3 aromatic rings. The average Bonchev–Trinajstić information content (AvgIpc) is 3.30. The summed E-state index contributed by atoms with van der Waals surface area (Å²) in [5, 5.41) is 8.61. The van der Waals surface area contributed by atoms with Crippen LogP contribution in [-0.2, 0) is 27.3 Å². The number of halogens is 2. The molecule has 2 aliphatic rings. The number of aromatic carboxylic acids is 1. The Morgan fingerprint density at radius 2 is 1.73 bits per heavy atom. The van der Waals surface area contributed by atoms with Crippen LogP contribution in [-0.4, -0.2) is 89.0 Å². The number of amides is 1. The summed E-state index contributed by atoms with van der Waals surface area (Å²) >= 11 is 6.86. The summed E-state index contributed by atoms with van der Waals surface area (Å²) in [6.45, 7) is 5.36. The van der Waals surface area contributed by atoms with Crippen molar-refractivity contribution in [3.63, 3.8) is 0 Å². The van der Waals surface area contributed by atoms with E-state index < -0.39 is 22.9 Å². The predicted octanol–water partition coefficient (Wildman–Crippen LogP) is 5.42. The van der Waals surface area contributed by atoms with Gasteiger partial charge in [-0.15, -0.1) is 0 Å². The van der Waals surface area contributed by atoms with E-state index >= 15 is 0 Å². The number of rotatable bonds is 14. The first-order valence-electron chi connectivity index (χ1n) is 14.7. The minimum atomic E-state index is -0.977. The molecule has 0 saturated carbocycles. The Bertz CT molecular complexity index is 1520. The van der Waals surface area contributed by atoms with Crippen molar-refractivity contribution in [3.8, 4) is 16.9 Å². The number of hydrogen-bond acceptors (Lipinski definition) is 8. The molecule has 1 N–H and O–H groups in total. The lowest BCUT2D eigenvalue weighted by atomic mass is 9.99. The van der Waals surface area contributed by atoms with Crippen molar-refractivity contribution in [1.82, 2.24) is 9.80 Å². The number of ether oxygens (including phenoxy) is 3. The van der Waals surface area contributed by atoms with Crippen molar-refractivity contribution in [2.45, 2.75) is 24.7 Å². The topological polar surface area (TPSA) is 88.5 Å². The predicted molar refractivity (Wildman–Crippen MR) is 172 cm³/mol. The number of thioether (sulfide) groups is 1. The lowest BCUT2D eigenvalue weighted by Crippen LogP contribution is -2.38. The summed E-state index contributed by atoms with van der Waals surface area (Å²) in [5.74, 6) is -2.37. The van der Waals surface area contributed by atoms with Crippen LogP contribution < -0.4 is 4.74 Å². The van der Waals surface area contributed by atoms with Crippen molar-refractivity contribution >= 4 is 40.2 Å². The van der Waals surface area contributed by atoms with Gasteiger partial charge in [0.1, 0.15) is 16.7 Å². The highest BCUT2D eigenvalue weighted by molar-refractivity contribution is 8.24. The lowest BCUT2D eigenvalue weighted by Gasteiger charge is -2.26. The molecule has 2 heterocycles. The molecule has 1 amide bonds. The third-order valence-corrected chi connectivity index (χ3v) is 9.19. The summed E-state index contributed by atoms with van der Waals surface area (Å²) in [7, 11) is 0. The number of carboxylic acids is 1. The molecule has 0 radical (unpaired) electrons. The maximum absolute atomic E-state index is 14.2. The maximum Gasteiger partial charge on any atom is 0.335 e. The molecule has 0 bridgehead atoms. The van der Waals surface area contributed by atoms with Gasteiger partial charge < -0.3 is 19.3 Å². The molecule has 8 nitrogen and oxygen atoms in total. The van der Waals surface area contributed by atoms with Gasteiger partial charge in [-0.3, -0.25) is 14.6 Å². The third-order valence-electron chi connectivity index (χ3n) is 7.61. The first kappa shape index (κ1) is 33.0. The minimum Gasteiger partial charge on any atom is -0.492 e. The first-order chi connectivity index (χ1) is 21.8. The van der Waals surface area contributed by atoms with Crippen molar-refractivity contribution in [2.24, 2.45) is 0 Å². The molecular weight excluding hydrogens is 623 g/mol. The van der Waals surface area contributed by atoms with Gasteiger partial charge in [-0.2, -0.15) is 0 Å². The van der Waals surface area contributed by atoms with Crippen LogP contribution in [0.25, 0.3) is 11.1 Å². The first-order valence-corrected chi connectivity index (χ1v) is 16.0. The molecule has 2 saturated heterocycles. The highest BCUT2D eigenvalue weighted by atomic mass is 32.2. The van der Waals surface area contributed by atoms with Crippen LogP contribution in [0.2, 0.25) is 0 Å². The normalized spacial score (nSPS) is 17.2. The molecule has 5 rings (SSSR count). The number of carbonyl (C=O) groups is 2. The Morgan fingerprint density at radius 3 is 2.47 bits per heavy atom. The molecule has 12 heteroatoms. The van der Waals surface area contributed by atoms with Crippen LogP contribution in [0.5, 0.6) is 5.75 Å². The van der Waals surface area contributed by atoms with Gasteiger partial charge in [-0.25, -0.2) is 13.6 Å². The Morgan fingerprint density at radius 1 is 0.978 bits per heavy atom. The van der Waals surface area contributed by atoms with E-state index in [4.69, 9.17) is 31.5 Å². The zero-order valence-electron chi connectivity index (χ0n) is 24.6. The molecule has 0 spiro atoms. The average molecular weight is 657 g/mol. The number of thiocarbonyl (C=S) groups is 1. The standard InChI is InChI=1S/C33H34F2N2O6S2/c34-27-8-7-25(20-28(27)35)26-18-23(4-9-29(26)43-17-13-36-11-15-41-16-12-36)19-30-31(38)37(33(44)45-30)10-1-14-42-21-22-2-5-24(6-3-22)32(39)40/h2-9,18,20,30H,1,10-17,19,21H2,(H,39,40). The number of benzene rings is 3. The van der Waals surface area contributed by atoms with Crippen LogP contribution in [0.15, 0.2) is 60.7 Å². The van der Waals surface area contributed by atoms with Crippen LogP contribution in [0.4, 0.5) is 8.78 Å². The number of hydrogen-bond donors (Lipinski definition) is 1. The second kappa shape index (κ2) is 15.7. The summed E-state index contributed by atoms with van der Waals surface area (Å²) < 4.78 is 45.7. The van der Waals surface area contributed by atoms with Crippen molar-refractivity contribution in [3.05, 3.63) is 89.0 Å². The fraction of sp³-hybridized carbons (Fsp3) is 0.364. The van der Waals surface area contributed by atoms with E-state index in [0.29, 0.717) is 80.2 Å². The number of morpholine rings is 1. The Labute approximate surface area is 270 Å². The van der Waals surface area contributed by atoms with Gasteiger partial charge in [0.15, 0.2) is 11.6 Å². The van der Waals surface area contributed by atoms with E-state index in [-0.39, 0.29) is 11.5 Å². The highest BCUT2D eigenvalue weighted by Gasteiger charge is 2.36. The van der Waals surface area contributed by atoms with E-state index in [1.807, 2.05) is 18.2 Å². The molecule has 0 aromatic heterocycles. The molecule has 1 atom stereocenters. The minimum absolute atomic E-state index is 0.0746. The van der Waals surface area contributed by atoms with Gasteiger partial charge in [0.05, 0.1) is 30.6 Å². The van der Waals surface area contributed by atoms with E-state index in [2.05, 4.69) is 4.90 Å². The Hall–Kier alpha value is -3.42.